The molecule has 0 N–H and O–H groups in total. The van der Waals surface area contributed by atoms with E-state index in [0.717, 1.165) is 0 Å². The number of aldehydes is 1. The summed E-state index contributed by atoms with van der Waals surface area (Å²) >= 11 is 1.28. The highest BCUT2D eigenvalue weighted by atomic mass is 32.2. The third-order valence-electron chi connectivity index (χ3n) is 1.48. The fourth-order valence-electron chi connectivity index (χ4n) is 0.820. The van der Waals surface area contributed by atoms with Crippen LogP contribution in [0, 0.1) is 0 Å². The van der Waals surface area contributed by atoms with E-state index in [1.165, 1.54) is 25.1 Å². The number of thioether (sulfide) groups is 1. The Bertz CT molecular complexity index is 368. The Kier molecular flexibility index (Phi) is 3.58. The second-order valence-corrected chi connectivity index (χ2v) is 3.04. The molecule has 0 radical (unpaired) electrons. The van der Waals surface area contributed by atoms with Crippen LogP contribution in [-0.2, 0) is 4.74 Å². The van der Waals surface area contributed by atoms with Gasteiger partial charge in [-0.1, -0.05) is 11.8 Å². The number of carbonyl (C=O) groups is 2. The fraction of sp³-hybridized carbons (Fsp3) is 0.250. The van der Waals surface area contributed by atoms with Gasteiger partial charge >= 0.3 is 5.97 Å². The molecule has 0 aliphatic rings. The number of methoxy groups -OCH3 is 1. The number of carbonyl (C=O) groups excluding carboxylic acids is 2. The van der Waals surface area contributed by atoms with Gasteiger partial charge in [-0.3, -0.25) is 4.79 Å². The molecular weight excluding hydrogens is 204 g/mol. The number of rotatable bonds is 3. The smallest absolute Gasteiger partial charge is 0.357 e. The van der Waals surface area contributed by atoms with E-state index in [4.69, 9.17) is 0 Å². The number of hydrogen-bond donors (Lipinski definition) is 0. The van der Waals surface area contributed by atoms with Gasteiger partial charge in [0.1, 0.15) is 0 Å². The van der Waals surface area contributed by atoms with E-state index in [-0.39, 0.29) is 11.3 Å². The third kappa shape index (κ3) is 2.08. The van der Waals surface area contributed by atoms with Gasteiger partial charge in [0.15, 0.2) is 17.1 Å². The molecule has 0 aromatic carbocycles. The molecule has 74 valence electrons. The van der Waals surface area contributed by atoms with Crippen LogP contribution in [0.1, 0.15) is 20.8 Å². The highest BCUT2D eigenvalue weighted by Gasteiger charge is 2.14. The van der Waals surface area contributed by atoms with Crippen LogP contribution in [0.25, 0.3) is 0 Å². The molecule has 6 heteroatoms. The zero-order valence-electron chi connectivity index (χ0n) is 7.68. The van der Waals surface area contributed by atoms with E-state index in [1.54, 1.807) is 6.26 Å². The quantitative estimate of drug-likeness (QED) is 0.319. The molecule has 5 nitrogen and oxygen atoms in total. The number of aromatic nitrogens is 2. The molecule has 1 aromatic rings. The molecule has 1 heterocycles. The zero-order valence-corrected chi connectivity index (χ0v) is 8.50. The molecule has 0 bridgehead atoms. The van der Waals surface area contributed by atoms with E-state index in [1.807, 2.05) is 0 Å². The number of nitrogens with zero attached hydrogens (tertiary/aromatic N) is 2. The van der Waals surface area contributed by atoms with Gasteiger partial charge in [0, 0.05) is 6.20 Å². The summed E-state index contributed by atoms with van der Waals surface area (Å²) in [6.07, 6.45) is 3.60. The average Bonchev–Trinajstić information content (AvgIpc) is 2.27. The highest BCUT2D eigenvalue weighted by Crippen LogP contribution is 2.11. The standard InChI is InChI=1S/C8H8N2O3S/c1-13-7(12)6-5(4-11)3-9-8(10-6)14-2/h3-4H,1-2H3. The normalized spacial score (nSPS) is 9.57. The Balaban J connectivity index is 3.21. The van der Waals surface area contributed by atoms with Crippen LogP contribution in [0.3, 0.4) is 0 Å². The van der Waals surface area contributed by atoms with Crippen LogP contribution in [0.5, 0.6) is 0 Å². The van der Waals surface area contributed by atoms with E-state index >= 15 is 0 Å². The molecule has 1 rings (SSSR count). The van der Waals surface area contributed by atoms with Crippen molar-refractivity contribution < 1.29 is 14.3 Å². The number of ether oxygens (including phenoxy) is 1. The first-order valence-electron chi connectivity index (χ1n) is 3.67. The van der Waals surface area contributed by atoms with Crippen LogP contribution >= 0.6 is 11.8 Å². The van der Waals surface area contributed by atoms with Gasteiger partial charge < -0.3 is 4.74 Å². The first kappa shape index (κ1) is 10.6. The van der Waals surface area contributed by atoms with Crippen LogP contribution in [0.2, 0.25) is 0 Å². The lowest BCUT2D eigenvalue weighted by molar-refractivity contribution is 0.0590. The summed E-state index contributed by atoms with van der Waals surface area (Å²) in [5, 5.41) is 0.427. The zero-order chi connectivity index (χ0) is 10.6. The Labute approximate surface area is 84.9 Å². The van der Waals surface area contributed by atoms with Gasteiger partial charge in [-0.15, -0.1) is 0 Å². The van der Waals surface area contributed by atoms with E-state index < -0.39 is 5.97 Å². The predicted molar refractivity (Wildman–Crippen MR) is 50.5 cm³/mol. The Morgan fingerprint density at radius 2 is 2.36 bits per heavy atom. The topological polar surface area (TPSA) is 69.2 Å². The minimum absolute atomic E-state index is 0.00171. The van der Waals surface area contributed by atoms with Crippen molar-refractivity contribution in [1.82, 2.24) is 9.97 Å². The molecule has 0 amide bonds. The summed E-state index contributed by atoms with van der Waals surface area (Å²) in [6, 6.07) is 0. The lowest BCUT2D eigenvalue weighted by Gasteiger charge is -2.02. The van der Waals surface area contributed by atoms with Gasteiger partial charge in [-0.2, -0.15) is 0 Å². The molecule has 0 unspecified atom stereocenters. The Hall–Kier alpha value is -1.43. The molecule has 0 aliphatic carbocycles. The maximum atomic E-state index is 11.2. The van der Waals surface area contributed by atoms with Crippen molar-refractivity contribution in [1.29, 1.82) is 0 Å². The SMILES string of the molecule is COC(=O)c1nc(SC)ncc1C=O. The predicted octanol–water partition coefficient (Wildman–Crippen LogP) is 0.798. The van der Waals surface area contributed by atoms with Crippen molar-refractivity contribution in [3.05, 3.63) is 17.5 Å². The van der Waals surface area contributed by atoms with Gasteiger partial charge in [-0.25, -0.2) is 14.8 Å². The third-order valence-corrected chi connectivity index (χ3v) is 2.05. The number of esters is 1. The Morgan fingerprint density at radius 3 is 2.86 bits per heavy atom. The molecule has 1 aromatic heterocycles. The minimum atomic E-state index is -0.634. The summed E-state index contributed by atoms with van der Waals surface area (Å²) < 4.78 is 4.48. The van der Waals surface area contributed by atoms with Crippen molar-refractivity contribution in [3.8, 4) is 0 Å². The summed E-state index contributed by atoms with van der Waals surface area (Å²) in [5.74, 6) is -0.634. The molecule has 14 heavy (non-hydrogen) atoms. The maximum absolute atomic E-state index is 11.2. The monoisotopic (exact) mass is 212 g/mol. The van der Waals surface area contributed by atoms with Crippen molar-refractivity contribution >= 4 is 24.0 Å². The van der Waals surface area contributed by atoms with Crippen LogP contribution in [0.4, 0.5) is 0 Å². The Morgan fingerprint density at radius 1 is 1.64 bits per heavy atom. The second-order valence-electron chi connectivity index (χ2n) is 2.27. The molecule has 0 saturated carbocycles. The van der Waals surface area contributed by atoms with Crippen LogP contribution in [0.15, 0.2) is 11.4 Å². The van der Waals surface area contributed by atoms with E-state index in [9.17, 15) is 9.59 Å². The second kappa shape index (κ2) is 4.71. The first-order chi connectivity index (χ1) is 6.72. The lowest BCUT2D eigenvalue weighted by atomic mass is 10.2. The molecule has 0 aliphatic heterocycles. The van der Waals surface area contributed by atoms with Crippen molar-refractivity contribution in [2.24, 2.45) is 0 Å². The molecule has 0 spiro atoms. The van der Waals surface area contributed by atoms with Crippen LogP contribution < -0.4 is 0 Å². The van der Waals surface area contributed by atoms with Crippen molar-refractivity contribution in [2.75, 3.05) is 13.4 Å². The molecule has 0 atom stereocenters. The van der Waals surface area contributed by atoms with Crippen molar-refractivity contribution in [3.63, 3.8) is 0 Å². The molecular formula is C8H8N2O3S. The number of hydrogen-bond acceptors (Lipinski definition) is 6. The van der Waals surface area contributed by atoms with Gasteiger partial charge in [0.2, 0.25) is 0 Å². The summed E-state index contributed by atoms with van der Waals surface area (Å²) in [7, 11) is 1.23. The van der Waals surface area contributed by atoms with Gasteiger partial charge in [0.25, 0.3) is 0 Å². The summed E-state index contributed by atoms with van der Waals surface area (Å²) in [6.45, 7) is 0. The van der Waals surface area contributed by atoms with E-state index in [0.29, 0.717) is 11.4 Å². The van der Waals surface area contributed by atoms with Gasteiger partial charge in [0.05, 0.1) is 12.7 Å². The minimum Gasteiger partial charge on any atom is -0.464 e. The maximum Gasteiger partial charge on any atom is 0.357 e. The van der Waals surface area contributed by atoms with Crippen LogP contribution in [-0.4, -0.2) is 35.6 Å². The highest BCUT2D eigenvalue weighted by molar-refractivity contribution is 7.98. The van der Waals surface area contributed by atoms with Crippen molar-refractivity contribution in [2.45, 2.75) is 5.16 Å². The average molecular weight is 212 g/mol. The first-order valence-corrected chi connectivity index (χ1v) is 4.90. The van der Waals surface area contributed by atoms with E-state index in [2.05, 4.69) is 14.7 Å². The van der Waals surface area contributed by atoms with Gasteiger partial charge in [-0.05, 0) is 6.26 Å². The lowest BCUT2D eigenvalue weighted by Crippen LogP contribution is -2.09. The molecule has 0 saturated heterocycles. The largest absolute Gasteiger partial charge is 0.464 e. The summed E-state index contributed by atoms with van der Waals surface area (Å²) in [5.41, 5.74) is 0.136. The summed E-state index contributed by atoms with van der Waals surface area (Å²) in [4.78, 5) is 29.5. The fourth-order valence-corrected chi connectivity index (χ4v) is 1.16. The molecule has 0 fully saturated rings.